The minimum atomic E-state index is -0.824. The molecule has 1 aromatic rings. The molecule has 0 bridgehead atoms. The van der Waals surface area contributed by atoms with Crippen molar-refractivity contribution in [2.24, 2.45) is 5.41 Å². The smallest absolute Gasteiger partial charge is 0.235 e. The van der Waals surface area contributed by atoms with Crippen LogP contribution < -0.4 is 15.4 Å². The number of ether oxygens (including phenoxy) is 1. The van der Waals surface area contributed by atoms with Crippen LogP contribution in [-0.4, -0.2) is 25.0 Å². The zero-order valence-corrected chi connectivity index (χ0v) is 13.6. The summed E-state index contributed by atoms with van der Waals surface area (Å²) in [4.78, 5) is 24.9. The van der Waals surface area contributed by atoms with Gasteiger partial charge in [-0.05, 0) is 43.4 Å². The lowest BCUT2D eigenvalue weighted by Crippen LogP contribution is -2.45. The van der Waals surface area contributed by atoms with Gasteiger partial charge in [0.1, 0.15) is 11.2 Å². The summed E-state index contributed by atoms with van der Waals surface area (Å²) >= 11 is 0. The highest BCUT2D eigenvalue weighted by molar-refractivity contribution is 6.07. The third-order valence-corrected chi connectivity index (χ3v) is 4.92. The maximum atomic E-state index is 12.4. The molecule has 124 valence electrons. The molecule has 0 aromatic heterocycles. The summed E-state index contributed by atoms with van der Waals surface area (Å²) in [6.07, 6.45) is 5.72. The molecule has 0 heterocycles. The average molecular weight is 316 g/mol. The summed E-state index contributed by atoms with van der Waals surface area (Å²) in [6.45, 7) is 0.432. The SMILES string of the molecule is COc1ccc(CNC(=O)C2(C(=O)NC3CCCC3)CC2)cc1. The highest BCUT2D eigenvalue weighted by Gasteiger charge is 2.56. The van der Waals surface area contributed by atoms with E-state index in [-0.39, 0.29) is 17.9 Å². The van der Waals surface area contributed by atoms with E-state index >= 15 is 0 Å². The van der Waals surface area contributed by atoms with Gasteiger partial charge in [-0.15, -0.1) is 0 Å². The van der Waals surface area contributed by atoms with Crippen LogP contribution in [0.15, 0.2) is 24.3 Å². The van der Waals surface area contributed by atoms with Gasteiger partial charge < -0.3 is 15.4 Å². The summed E-state index contributed by atoms with van der Waals surface area (Å²) in [5.41, 5.74) is 0.167. The van der Waals surface area contributed by atoms with Crippen molar-refractivity contribution in [1.82, 2.24) is 10.6 Å². The number of carbonyl (C=O) groups is 2. The van der Waals surface area contributed by atoms with Crippen LogP contribution in [0.4, 0.5) is 0 Å². The second-order valence-corrected chi connectivity index (χ2v) is 6.57. The summed E-state index contributed by atoms with van der Waals surface area (Å²) < 4.78 is 5.11. The van der Waals surface area contributed by atoms with Crippen LogP contribution >= 0.6 is 0 Å². The number of methoxy groups -OCH3 is 1. The summed E-state index contributed by atoms with van der Waals surface area (Å²) in [6, 6.07) is 7.81. The first-order valence-electron chi connectivity index (χ1n) is 8.36. The Labute approximate surface area is 136 Å². The van der Waals surface area contributed by atoms with Crippen LogP contribution in [0.1, 0.15) is 44.1 Å². The molecule has 0 aliphatic heterocycles. The van der Waals surface area contributed by atoms with Gasteiger partial charge in [-0.3, -0.25) is 9.59 Å². The van der Waals surface area contributed by atoms with Gasteiger partial charge in [0.2, 0.25) is 11.8 Å². The Morgan fingerprint density at radius 2 is 1.78 bits per heavy atom. The van der Waals surface area contributed by atoms with Gasteiger partial charge in [-0.2, -0.15) is 0 Å². The van der Waals surface area contributed by atoms with Gasteiger partial charge in [-0.1, -0.05) is 25.0 Å². The number of carbonyl (C=O) groups excluding carboxylic acids is 2. The molecule has 1 aromatic carbocycles. The summed E-state index contributed by atoms with van der Waals surface area (Å²) in [5, 5.41) is 5.96. The fourth-order valence-electron chi connectivity index (χ4n) is 3.17. The van der Waals surface area contributed by atoms with Crippen molar-refractivity contribution < 1.29 is 14.3 Å². The van der Waals surface area contributed by atoms with Crippen molar-refractivity contribution in [1.29, 1.82) is 0 Å². The number of rotatable bonds is 6. The van der Waals surface area contributed by atoms with Crippen LogP contribution in [0, 0.1) is 5.41 Å². The first-order chi connectivity index (χ1) is 11.1. The molecule has 5 heteroatoms. The molecule has 0 spiro atoms. The summed E-state index contributed by atoms with van der Waals surface area (Å²) in [7, 11) is 1.62. The molecule has 2 aliphatic rings. The van der Waals surface area contributed by atoms with E-state index < -0.39 is 5.41 Å². The third-order valence-electron chi connectivity index (χ3n) is 4.92. The van der Waals surface area contributed by atoms with Crippen molar-refractivity contribution in [2.45, 2.75) is 51.1 Å². The van der Waals surface area contributed by atoms with Gasteiger partial charge in [-0.25, -0.2) is 0 Å². The van der Waals surface area contributed by atoms with Gasteiger partial charge in [0.25, 0.3) is 0 Å². The number of hydrogen-bond acceptors (Lipinski definition) is 3. The maximum Gasteiger partial charge on any atom is 0.235 e. The van der Waals surface area contributed by atoms with Gasteiger partial charge in [0, 0.05) is 12.6 Å². The molecule has 2 fully saturated rings. The first-order valence-corrected chi connectivity index (χ1v) is 8.36. The molecule has 0 atom stereocenters. The van der Waals surface area contributed by atoms with E-state index in [0.717, 1.165) is 24.2 Å². The Hall–Kier alpha value is -2.04. The Morgan fingerprint density at radius 1 is 1.13 bits per heavy atom. The van der Waals surface area contributed by atoms with E-state index in [1.165, 1.54) is 12.8 Å². The molecule has 23 heavy (non-hydrogen) atoms. The first kappa shape index (κ1) is 15.8. The Bertz CT molecular complexity index is 572. The van der Waals surface area contributed by atoms with Crippen molar-refractivity contribution in [2.75, 3.05) is 7.11 Å². The average Bonchev–Trinajstić information content (AvgIpc) is 3.25. The lowest BCUT2D eigenvalue weighted by molar-refractivity contribution is -0.137. The molecule has 2 N–H and O–H groups in total. The van der Waals surface area contributed by atoms with Gasteiger partial charge in [0.15, 0.2) is 0 Å². The number of benzene rings is 1. The Kier molecular flexibility index (Phi) is 4.55. The molecule has 2 amide bonds. The molecule has 0 radical (unpaired) electrons. The Balaban J connectivity index is 1.53. The Morgan fingerprint density at radius 3 is 2.35 bits per heavy atom. The second kappa shape index (κ2) is 6.60. The van der Waals surface area contributed by atoms with E-state index in [0.29, 0.717) is 19.4 Å². The molecule has 0 unspecified atom stereocenters. The molecule has 0 saturated heterocycles. The predicted molar refractivity (Wildman–Crippen MR) is 86.9 cm³/mol. The zero-order valence-electron chi connectivity index (χ0n) is 13.6. The quantitative estimate of drug-likeness (QED) is 0.790. The van der Waals surface area contributed by atoms with Crippen molar-refractivity contribution in [3.05, 3.63) is 29.8 Å². The van der Waals surface area contributed by atoms with Crippen LogP contribution in [0.2, 0.25) is 0 Å². The van der Waals surface area contributed by atoms with E-state index in [4.69, 9.17) is 4.74 Å². The number of nitrogens with one attached hydrogen (secondary N) is 2. The lowest BCUT2D eigenvalue weighted by Gasteiger charge is -2.18. The highest BCUT2D eigenvalue weighted by atomic mass is 16.5. The van der Waals surface area contributed by atoms with E-state index in [9.17, 15) is 9.59 Å². The van der Waals surface area contributed by atoms with E-state index in [2.05, 4.69) is 10.6 Å². The van der Waals surface area contributed by atoms with E-state index in [1.54, 1.807) is 7.11 Å². The topological polar surface area (TPSA) is 67.4 Å². The standard InChI is InChI=1S/C18H24N2O3/c1-23-15-8-6-13(7-9-15)12-19-16(21)18(10-11-18)17(22)20-14-4-2-3-5-14/h6-9,14H,2-5,10-12H2,1H3,(H,19,21)(H,20,22). The molecular weight excluding hydrogens is 292 g/mol. The monoisotopic (exact) mass is 316 g/mol. The fourth-order valence-corrected chi connectivity index (χ4v) is 3.17. The molecule has 3 rings (SSSR count). The normalized spacial score (nSPS) is 19.2. The largest absolute Gasteiger partial charge is 0.497 e. The fraction of sp³-hybridized carbons (Fsp3) is 0.556. The maximum absolute atomic E-state index is 12.4. The van der Waals surface area contributed by atoms with E-state index in [1.807, 2.05) is 24.3 Å². The molecule has 2 saturated carbocycles. The van der Waals surface area contributed by atoms with Crippen molar-refractivity contribution >= 4 is 11.8 Å². The van der Waals surface area contributed by atoms with Gasteiger partial charge >= 0.3 is 0 Å². The predicted octanol–water partition coefficient (Wildman–Crippen LogP) is 2.15. The highest BCUT2D eigenvalue weighted by Crippen LogP contribution is 2.46. The van der Waals surface area contributed by atoms with Crippen molar-refractivity contribution in [3.8, 4) is 5.75 Å². The van der Waals surface area contributed by atoms with Crippen LogP contribution in [0.25, 0.3) is 0 Å². The molecular formula is C18H24N2O3. The van der Waals surface area contributed by atoms with Crippen LogP contribution in [-0.2, 0) is 16.1 Å². The lowest BCUT2D eigenvalue weighted by atomic mass is 10.0. The second-order valence-electron chi connectivity index (χ2n) is 6.57. The van der Waals surface area contributed by atoms with Crippen LogP contribution in [0.3, 0.4) is 0 Å². The molecule has 2 aliphatic carbocycles. The number of hydrogen-bond donors (Lipinski definition) is 2. The van der Waals surface area contributed by atoms with Gasteiger partial charge in [0.05, 0.1) is 7.11 Å². The minimum Gasteiger partial charge on any atom is -0.497 e. The molecule has 5 nitrogen and oxygen atoms in total. The zero-order chi connectivity index (χ0) is 16.3. The van der Waals surface area contributed by atoms with Crippen molar-refractivity contribution in [3.63, 3.8) is 0 Å². The van der Waals surface area contributed by atoms with Crippen LogP contribution in [0.5, 0.6) is 5.75 Å². The number of amides is 2. The minimum absolute atomic E-state index is 0.0865. The third kappa shape index (κ3) is 3.49. The summed E-state index contributed by atoms with van der Waals surface area (Å²) in [5.74, 6) is 0.551.